The van der Waals surface area contributed by atoms with Crippen molar-refractivity contribution in [2.24, 2.45) is 5.73 Å². The molecule has 1 heterocycles. The zero-order valence-corrected chi connectivity index (χ0v) is 24.0. The van der Waals surface area contributed by atoms with Gasteiger partial charge < -0.3 is 40.4 Å². The van der Waals surface area contributed by atoms with Gasteiger partial charge in [0, 0.05) is 42.0 Å². The van der Waals surface area contributed by atoms with E-state index in [0.29, 0.717) is 0 Å². The molecule has 0 spiro atoms. The third-order valence-corrected chi connectivity index (χ3v) is 8.29. The van der Waals surface area contributed by atoms with Crippen LogP contribution < -0.4 is 10.5 Å². The highest BCUT2D eigenvalue weighted by atomic mass is 79.9. The lowest BCUT2D eigenvalue weighted by molar-refractivity contribution is -0.247. The SMILES string of the molecule is COc1cccc2c1C(=O)c1c(O)c3c(c(O)c1C2=O)C[C@@](O)(C(=O)CBr)C[C@@H]3O[C@H]1C[C@H](N)[C@@H](O)[C@H](C)O1.Cl. The predicted molar refractivity (Wildman–Crippen MR) is 146 cm³/mol. The van der Waals surface area contributed by atoms with Crippen LogP contribution in [0.2, 0.25) is 0 Å². The Labute approximate surface area is 243 Å². The third-order valence-electron chi connectivity index (χ3n) is 7.78. The second-order valence-corrected chi connectivity index (χ2v) is 10.7. The van der Waals surface area contributed by atoms with Crippen molar-refractivity contribution < 1.29 is 49.0 Å². The summed E-state index contributed by atoms with van der Waals surface area (Å²) in [5.74, 6) is -3.20. The molecule has 0 radical (unpaired) electrons. The molecule has 5 rings (SSSR count). The van der Waals surface area contributed by atoms with Gasteiger partial charge in [0.25, 0.3) is 0 Å². The van der Waals surface area contributed by atoms with Crippen LogP contribution in [0.15, 0.2) is 18.2 Å². The number of ether oxygens (including phenoxy) is 3. The molecule has 2 aromatic rings. The fourth-order valence-corrected chi connectivity index (χ4v) is 6.25. The van der Waals surface area contributed by atoms with Crippen molar-refractivity contribution in [2.75, 3.05) is 12.4 Å². The number of hydrogen-bond acceptors (Lipinski definition) is 11. The molecule has 0 aromatic heterocycles. The van der Waals surface area contributed by atoms with Gasteiger partial charge in [-0.25, -0.2) is 0 Å². The Morgan fingerprint density at radius 1 is 1.18 bits per heavy atom. The number of carbonyl (C=O) groups excluding carboxylic acids is 3. The van der Waals surface area contributed by atoms with E-state index in [4.69, 9.17) is 19.9 Å². The maximum Gasteiger partial charge on any atom is 0.202 e. The Morgan fingerprint density at radius 2 is 1.85 bits per heavy atom. The molecule has 40 heavy (non-hydrogen) atoms. The van der Waals surface area contributed by atoms with Crippen LogP contribution >= 0.6 is 28.3 Å². The van der Waals surface area contributed by atoms with Gasteiger partial charge in [0.05, 0.1) is 47.4 Å². The van der Waals surface area contributed by atoms with Gasteiger partial charge in [0.1, 0.15) is 22.8 Å². The Balaban J connectivity index is 0.00000370. The Morgan fingerprint density at radius 3 is 2.48 bits per heavy atom. The summed E-state index contributed by atoms with van der Waals surface area (Å²) in [5.41, 5.74) is 2.91. The molecule has 6 atom stereocenters. The number of alkyl halides is 1. The number of methoxy groups -OCH3 is 1. The number of fused-ring (bicyclic) bond motifs is 3. The van der Waals surface area contributed by atoms with Crippen LogP contribution in [0.25, 0.3) is 0 Å². The maximum absolute atomic E-state index is 13.7. The van der Waals surface area contributed by atoms with E-state index in [1.54, 1.807) is 6.92 Å². The van der Waals surface area contributed by atoms with Crippen LogP contribution in [-0.2, 0) is 20.7 Å². The topological polar surface area (TPSA) is 186 Å². The van der Waals surface area contributed by atoms with Gasteiger partial charge in [-0.1, -0.05) is 28.1 Å². The Kier molecular flexibility index (Phi) is 8.36. The molecule has 3 aliphatic rings. The van der Waals surface area contributed by atoms with E-state index in [1.807, 2.05) is 0 Å². The van der Waals surface area contributed by atoms with E-state index in [2.05, 4.69) is 15.9 Å². The number of nitrogens with two attached hydrogens (primary N) is 1. The van der Waals surface area contributed by atoms with Crippen molar-refractivity contribution in [2.45, 2.75) is 62.4 Å². The van der Waals surface area contributed by atoms with Crippen LogP contribution in [0.3, 0.4) is 0 Å². The van der Waals surface area contributed by atoms with Gasteiger partial charge in [0.2, 0.25) is 5.78 Å². The summed E-state index contributed by atoms with van der Waals surface area (Å²) in [5, 5.41) is 44.2. The minimum Gasteiger partial charge on any atom is -0.507 e. The number of halogens is 2. The van der Waals surface area contributed by atoms with E-state index >= 15 is 0 Å². The smallest absolute Gasteiger partial charge is 0.202 e. The lowest BCUT2D eigenvalue weighted by Crippen LogP contribution is -2.52. The lowest BCUT2D eigenvalue weighted by Gasteiger charge is -2.42. The summed E-state index contributed by atoms with van der Waals surface area (Å²) in [6.45, 7) is 1.61. The number of phenolic OH excluding ortho intramolecular Hbond substituents is 2. The molecule has 2 aliphatic carbocycles. The minimum atomic E-state index is -2.04. The largest absolute Gasteiger partial charge is 0.507 e. The summed E-state index contributed by atoms with van der Waals surface area (Å²) < 4.78 is 17.1. The normalized spacial score (nSPS) is 29.1. The molecule has 11 nitrogen and oxygen atoms in total. The zero-order valence-electron chi connectivity index (χ0n) is 21.5. The van der Waals surface area contributed by atoms with Crippen LogP contribution in [0.4, 0.5) is 0 Å². The number of hydrogen-bond donors (Lipinski definition) is 5. The molecule has 13 heteroatoms. The quantitative estimate of drug-likeness (QED) is 0.202. The number of carbonyl (C=O) groups is 3. The molecule has 0 bridgehead atoms. The van der Waals surface area contributed by atoms with Crippen molar-refractivity contribution >= 4 is 45.7 Å². The van der Waals surface area contributed by atoms with E-state index in [0.717, 1.165) is 0 Å². The summed E-state index contributed by atoms with van der Waals surface area (Å²) in [6, 6.07) is 3.74. The van der Waals surface area contributed by atoms with Crippen molar-refractivity contribution in [3.63, 3.8) is 0 Å². The van der Waals surface area contributed by atoms with E-state index in [-0.39, 0.29) is 58.6 Å². The maximum atomic E-state index is 13.7. The van der Waals surface area contributed by atoms with Gasteiger partial charge in [-0.3, -0.25) is 14.4 Å². The van der Waals surface area contributed by atoms with Crippen LogP contribution in [0, 0.1) is 0 Å². The average Bonchev–Trinajstić information content (AvgIpc) is 2.90. The molecular weight excluding hydrogens is 614 g/mol. The lowest BCUT2D eigenvalue weighted by atomic mass is 9.72. The van der Waals surface area contributed by atoms with E-state index in [9.17, 15) is 34.8 Å². The second-order valence-electron chi connectivity index (χ2n) is 10.1. The molecule has 1 saturated heterocycles. The van der Waals surface area contributed by atoms with Gasteiger partial charge in [-0.2, -0.15) is 0 Å². The minimum absolute atomic E-state index is 0. The van der Waals surface area contributed by atoms with E-state index < -0.39 is 82.6 Å². The number of benzene rings is 2. The Bertz CT molecular complexity index is 1390. The molecule has 0 amide bonds. The molecule has 0 unspecified atom stereocenters. The van der Waals surface area contributed by atoms with Crippen LogP contribution in [0.1, 0.15) is 68.8 Å². The number of Topliss-reactive ketones (excluding diaryl/α,β-unsaturated/α-hetero) is 1. The van der Waals surface area contributed by atoms with Crippen molar-refractivity contribution in [1.29, 1.82) is 0 Å². The first-order valence-electron chi connectivity index (χ1n) is 12.4. The molecular formula is C27H29BrClNO10. The summed E-state index contributed by atoms with van der Waals surface area (Å²) in [7, 11) is 1.34. The molecule has 1 fully saturated rings. The van der Waals surface area contributed by atoms with Gasteiger partial charge in [-0.05, 0) is 13.0 Å². The molecule has 6 N–H and O–H groups in total. The standard InChI is InChI=1S/C27H28BrNO10.ClH/c1-10-22(31)13(29)6-17(38-10)39-15-8-27(36,16(30)9-28)7-12-19(15)26(35)21-20(24(12)33)23(32)11-4-3-5-14(37-2)18(11)25(21)34;/h3-5,10,13,15,17,22,31,33,35-36H,6-9,29H2,1-2H3;1H/t10-,13-,15-,17-,22-,27-;/m0./s1. The van der Waals surface area contributed by atoms with Crippen LogP contribution in [-0.4, -0.2) is 80.4 Å². The number of aliphatic hydroxyl groups is 2. The molecule has 0 saturated carbocycles. The van der Waals surface area contributed by atoms with Crippen LogP contribution in [0.5, 0.6) is 17.2 Å². The van der Waals surface area contributed by atoms with Crippen molar-refractivity contribution in [1.82, 2.24) is 0 Å². The second kappa shape index (κ2) is 11.0. The molecule has 216 valence electrons. The fourth-order valence-electron chi connectivity index (χ4n) is 5.73. The monoisotopic (exact) mass is 641 g/mol. The molecule has 1 aliphatic heterocycles. The first-order chi connectivity index (χ1) is 18.4. The first-order valence-corrected chi connectivity index (χ1v) is 13.5. The Hall–Kier alpha value is -2.58. The molecule has 2 aromatic carbocycles. The number of ketones is 3. The number of aromatic hydroxyl groups is 2. The highest BCUT2D eigenvalue weighted by Gasteiger charge is 2.50. The van der Waals surface area contributed by atoms with Crippen molar-refractivity contribution in [3.8, 4) is 17.2 Å². The fraction of sp³-hybridized carbons (Fsp3) is 0.444. The summed E-state index contributed by atoms with van der Waals surface area (Å²) in [4.78, 5) is 40.0. The summed E-state index contributed by atoms with van der Waals surface area (Å²) >= 11 is 3.07. The van der Waals surface area contributed by atoms with Gasteiger partial charge >= 0.3 is 0 Å². The first kappa shape index (κ1) is 30.4. The predicted octanol–water partition coefficient (Wildman–Crippen LogP) is 1.83. The number of rotatable bonds is 5. The third kappa shape index (κ3) is 4.61. The van der Waals surface area contributed by atoms with Crippen molar-refractivity contribution in [3.05, 3.63) is 51.6 Å². The number of phenols is 2. The van der Waals surface area contributed by atoms with E-state index in [1.165, 1.54) is 25.3 Å². The van der Waals surface area contributed by atoms with Gasteiger partial charge in [-0.15, -0.1) is 12.4 Å². The number of aliphatic hydroxyl groups excluding tert-OH is 1. The average molecular weight is 643 g/mol. The van der Waals surface area contributed by atoms with Gasteiger partial charge in [0.15, 0.2) is 17.9 Å². The summed E-state index contributed by atoms with van der Waals surface area (Å²) in [6.07, 6.45) is -4.62. The zero-order chi connectivity index (χ0) is 28.4. The highest BCUT2D eigenvalue weighted by molar-refractivity contribution is 9.09. The highest BCUT2D eigenvalue weighted by Crippen LogP contribution is 2.52.